The minimum atomic E-state index is -4.47. The predicted molar refractivity (Wildman–Crippen MR) is 39.2 cm³/mol. The van der Waals surface area contributed by atoms with Crippen LogP contribution in [0.25, 0.3) is 0 Å². The summed E-state index contributed by atoms with van der Waals surface area (Å²) in [4.78, 5) is 0. The molecule has 0 saturated heterocycles. The normalized spacial score (nSPS) is 39.8. The van der Waals surface area contributed by atoms with Gasteiger partial charge in [0.2, 0.25) is 0 Å². The zero-order valence-electron chi connectivity index (χ0n) is 6.12. The molecule has 6 heteroatoms. The maximum absolute atomic E-state index is 12.3. The van der Waals surface area contributed by atoms with E-state index in [4.69, 9.17) is 28.3 Å². The maximum atomic E-state index is 12.3. The molecule has 0 bridgehead atoms. The molecule has 1 N–H and O–H groups in total. The number of aliphatic hydroxyl groups excluding tert-OH is 1. The van der Waals surface area contributed by atoms with Crippen LogP contribution in [0.15, 0.2) is 0 Å². The molecular formula is C6H7Cl2F3O. The summed E-state index contributed by atoms with van der Waals surface area (Å²) in [6.07, 6.45) is -4.47. The van der Waals surface area contributed by atoms with Crippen LogP contribution in [0.3, 0.4) is 0 Å². The quantitative estimate of drug-likeness (QED) is 0.676. The summed E-state index contributed by atoms with van der Waals surface area (Å²) in [5.41, 5.74) is -2.17. The van der Waals surface area contributed by atoms with Crippen LogP contribution in [0.5, 0.6) is 0 Å². The van der Waals surface area contributed by atoms with Gasteiger partial charge in [-0.3, -0.25) is 0 Å². The molecule has 0 aromatic carbocycles. The second-order valence-electron chi connectivity index (χ2n) is 3.06. The molecular weight excluding hydrogens is 216 g/mol. The summed E-state index contributed by atoms with van der Waals surface area (Å²) in [6.45, 7) is 0.261. The number of hydrogen-bond acceptors (Lipinski definition) is 1. The fourth-order valence-corrected chi connectivity index (χ4v) is 2.24. The first kappa shape index (κ1) is 10.4. The number of alkyl halides is 5. The van der Waals surface area contributed by atoms with E-state index in [1.165, 1.54) is 0 Å². The Morgan fingerprint density at radius 2 is 1.83 bits per heavy atom. The minimum Gasteiger partial charge on any atom is -0.396 e. The largest absolute Gasteiger partial charge is 0.397 e. The van der Waals surface area contributed by atoms with Crippen molar-refractivity contribution in [1.29, 1.82) is 0 Å². The second kappa shape index (κ2) is 2.42. The first-order chi connectivity index (χ1) is 5.19. The van der Waals surface area contributed by atoms with Gasteiger partial charge >= 0.3 is 6.18 Å². The SMILES string of the molecule is CC1(C(F)(F)F)C(CO)C1(Cl)Cl. The zero-order chi connectivity index (χ0) is 9.78. The van der Waals surface area contributed by atoms with Gasteiger partial charge < -0.3 is 5.11 Å². The highest BCUT2D eigenvalue weighted by Gasteiger charge is 2.84. The molecule has 2 unspecified atom stereocenters. The number of aliphatic hydroxyl groups is 1. The Balaban J connectivity index is 2.91. The highest BCUT2D eigenvalue weighted by atomic mass is 35.5. The Hall–Kier alpha value is 0.330. The summed E-state index contributed by atoms with van der Waals surface area (Å²) < 4.78 is 35.0. The zero-order valence-corrected chi connectivity index (χ0v) is 7.63. The first-order valence-electron chi connectivity index (χ1n) is 3.25. The molecule has 0 heterocycles. The van der Waals surface area contributed by atoms with Gasteiger partial charge in [0.25, 0.3) is 0 Å². The van der Waals surface area contributed by atoms with Crippen LogP contribution >= 0.6 is 23.2 Å². The molecule has 0 aromatic heterocycles. The van der Waals surface area contributed by atoms with E-state index in [0.29, 0.717) is 0 Å². The monoisotopic (exact) mass is 222 g/mol. The van der Waals surface area contributed by atoms with Gasteiger partial charge in [-0.2, -0.15) is 13.2 Å². The molecule has 1 aliphatic rings. The third-order valence-electron chi connectivity index (χ3n) is 2.52. The van der Waals surface area contributed by atoms with E-state index in [-0.39, 0.29) is 0 Å². The third kappa shape index (κ3) is 0.978. The lowest BCUT2D eigenvalue weighted by Crippen LogP contribution is -2.27. The smallest absolute Gasteiger partial charge is 0.396 e. The highest BCUT2D eigenvalue weighted by Crippen LogP contribution is 2.74. The van der Waals surface area contributed by atoms with Crippen molar-refractivity contribution >= 4 is 23.2 Å². The molecule has 1 aliphatic carbocycles. The summed E-state index contributed by atoms with van der Waals surface area (Å²) in [5.74, 6) is -1.12. The molecule has 0 radical (unpaired) electrons. The summed E-state index contributed by atoms with van der Waals surface area (Å²) in [6, 6.07) is 0. The molecule has 0 amide bonds. The minimum absolute atomic E-state index is 0.650. The van der Waals surface area contributed by atoms with Crippen molar-refractivity contribution in [3.8, 4) is 0 Å². The van der Waals surface area contributed by atoms with Gasteiger partial charge in [0.05, 0.1) is 0 Å². The van der Waals surface area contributed by atoms with Gasteiger partial charge in [-0.05, 0) is 6.92 Å². The average Bonchev–Trinajstić information content (AvgIpc) is 2.28. The van der Waals surface area contributed by atoms with Crippen molar-refractivity contribution in [3.63, 3.8) is 0 Å². The molecule has 0 spiro atoms. The lowest BCUT2D eigenvalue weighted by Gasteiger charge is -2.16. The van der Waals surface area contributed by atoms with Crippen molar-refractivity contribution in [2.75, 3.05) is 6.61 Å². The molecule has 72 valence electrons. The fraction of sp³-hybridized carbons (Fsp3) is 1.00. The summed E-state index contributed by atoms with van der Waals surface area (Å²) in [5, 5.41) is 8.57. The van der Waals surface area contributed by atoms with Gasteiger partial charge in [-0.15, -0.1) is 23.2 Å². The molecule has 1 fully saturated rings. The predicted octanol–water partition coefficient (Wildman–Crippen LogP) is 2.35. The first-order valence-corrected chi connectivity index (χ1v) is 4.00. The summed E-state index contributed by atoms with van der Waals surface area (Å²) >= 11 is 10.8. The van der Waals surface area contributed by atoms with Crippen molar-refractivity contribution in [2.45, 2.75) is 17.4 Å². The van der Waals surface area contributed by atoms with Crippen LogP contribution in [0.1, 0.15) is 6.92 Å². The summed E-state index contributed by atoms with van der Waals surface area (Å²) in [7, 11) is 0. The lowest BCUT2D eigenvalue weighted by molar-refractivity contribution is -0.188. The molecule has 1 rings (SSSR count). The van der Waals surface area contributed by atoms with Gasteiger partial charge in [-0.1, -0.05) is 0 Å². The van der Waals surface area contributed by atoms with E-state index < -0.39 is 28.4 Å². The third-order valence-corrected chi connectivity index (χ3v) is 3.83. The van der Waals surface area contributed by atoms with Crippen LogP contribution in [0, 0.1) is 11.3 Å². The Bertz CT molecular complexity index is 203. The molecule has 0 aromatic rings. The Morgan fingerprint density at radius 3 is 1.92 bits per heavy atom. The van der Waals surface area contributed by atoms with E-state index in [2.05, 4.69) is 0 Å². The van der Waals surface area contributed by atoms with Gasteiger partial charge in [-0.25, -0.2) is 0 Å². The van der Waals surface area contributed by atoms with Crippen molar-refractivity contribution < 1.29 is 18.3 Å². The Morgan fingerprint density at radius 1 is 1.42 bits per heavy atom. The number of hydrogen-bond donors (Lipinski definition) is 1. The molecule has 0 aliphatic heterocycles. The maximum Gasteiger partial charge on any atom is 0.397 e. The topological polar surface area (TPSA) is 20.2 Å². The van der Waals surface area contributed by atoms with Gasteiger partial charge in [0.15, 0.2) is 0 Å². The Labute approximate surface area is 77.5 Å². The second-order valence-corrected chi connectivity index (χ2v) is 4.44. The van der Waals surface area contributed by atoms with Crippen LogP contribution in [-0.4, -0.2) is 22.2 Å². The highest BCUT2D eigenvalue weighted by molar-refractivity contribution is 6.52. The van der Waals surface area contributed by atoms with E-state index in [1.807, 2.05) is 0 Å². The van der Waals surface area contributed by atoms with Crippen LogP contribution < -0.4 is 0 Å². The van der Waals surface area contributed by atoms with E-state index in [1.54, 1.807) is 0 Å². The standard InChI is InChI=1S/C6H7Cl2F3O/c1-4(6(9,10)11)3(2-12)5(4,7)8/h3,12H,2H2,1H3. The van der Waals surface area contributed by atoms with Crippen LogP contribution in [0.4, 0.5) is 13.2 Å². The molecule has 2 atom stereocenters. The van der Waals surface area contributed by atoms with E-state index in [9.17, 15) is 13.2 Å². The van der Waals surface area contributed by atoms with Crippen LogP contribution in [-0.2, 0) is 0 Å². The molecule has 12 heavy (non-hydrogen) atoms. The molecule has 1 saturated carbocycles. The lowest BCUT2D eigenvalue weighted by atomic mass is 10.1. The van der Waals surface area contributed by atoms with Crippen LogP contribution in [0.2, 0.25) is 0 Å². The van der Waals surface area contributed by atoms with Gasteiger partial charge in [0, 0.05) is 12.5 Å². The average molecular weight is 223 g/mol. The fourth-order valence-electron chi connectivity index (χ4n) is 1.30. The van der Waals surface area contributed by atoms with E-state index in [0.717, 1.165) is 6.92 Å². The molecule has 1 nitrogen and oxygen atoms in total. The number of halogens is 5. The Kier molecular flexibility index (Phi) is 2.10. The number of rotatable bonds is 1. The van der Waals surface area contributed by atoms with Crippen molar-refractivity contribution in [2.24, 2.45) is 11.3 Å². The van der Waals surface area contributed by atoms with Crippen molar-refractivity contribution in [3.05, 3.63) is 0 Å². The van der Waals surface area contributed by atoms with Gasteiger partial charge in [0.1, 0.15) is 9.75 Å². The van der Waals surface area contributed by atoms with Crippen molar-refractivity contribution in [1.82, 2.24) is 0 Å². The van der Waals surface area contributed by atoms with E-state index >= 15 is 0 Å².